The van der Waals surface area contributed by atoms with Gasteiger partial charge in [0.15, 0.2) is 6.61 Å². The number of anilines is 1. The Kier molecular flexibility index (Phi) is 6.00. The van der Waals surface area contributed by atoms with E-state index in [-0.39, 0.29) is 12.5 Å². The van der Waals surface area contributed by atoms with Crippen LogP contribution in [0.25, 0.3) is 0 Å². The predicted octanol–water partition coefficient (Wildman–Crippen LogP) is 5.80. The van der Waals surface area contributed by atoms with Crippen molar-refractivity contribution < 1.29 is 14.3 Å². The summed E-state index contributed by atoms with van der Waals surface area (Å²) in [5.74, 6) is 1.67. The Hall–Kier alpha value is -2.69. The van der Waals surface area contributed by atoms with E-state index in [4.69, 9.17) is 32.7 Å². The molecule has 132 valence electrons. The molecule has 0 saturated carbocycles. The third kappa shape index (κ3) is 5.15. The molecule has 0 bridgehead atoms. The topological polar surface area (TPSA) is 47.6 Å². The highest BCUT2D eigenvalue weighted by Gasteiger charge is 2.07. The van der Waals surface area contributed by atoms with Gasteiger partial charge in [-0.25, -0.2) is 0 Å². The zero-order valence-corrected chi connectivity index (χ0v) is 15.1. The summed E-state index contributed by atoms with van der Waals surface area (Å²) < 4.78 is 11.2. The minimum Gasteiger partial charge on any atom is -0.484 e. The maximum absolute atomic E-state index is 12.0. The largest absolute Gasteiger partial charge is 0.484 e. The Labute approximate surface area is 161 Å². The number of para-hydroxylation sites is 1. The fourth-order valence-electron chi connectivity index (χ4n) is 2.15. The predicted molar refractivity (Wildman–Crippen MR) is 104 cm³/mol. The fraction of sp³-hybridized carbons (Fsp3) is 0.0500. The molecule has 0 unspecified atom stereocenters. The van der Waals surface area contributed by atoms with Gasteiger partial charge in [-0.05, 0) is 54.6 Å². The van der Waals surface area contributed by atoms with Gasteiger partial charge < -0.3 is 14.8 Å². The summed E-state index contributed by atoms with van der Waals surface area (Å²) in [5.41, 5.74) is 0.483. The van der Waals surface area contributed by atoms with E-state index in [0.717, 1.165) is 5.75 Å². The summed E-state index contributed by atoms with van der Waals surface area (Å²) in [6.45, 7) is -0.141. The van der Waals surface area contributed by atoms with Gasteiger partial charge in [-0.15, -0.1) is 0 Å². The molecule has 26 heavy (non-hydrogen) atoms. The van der Waals surface area contributed by atoms with Crippen molar-refractivity contribution in [3.63, 3.8) is 0 Å². The fourth-order valence-corrected chi connectivity index (χ4v) is 2.61. The molecule has 0 atom stereocenters. The zero-order chi connectivity index (χ0) is 18.4. The van der Waals surface area contributed by atoms with Crippen LogP contribution in [-0.4, -0.2) is 12.5 Å². The van der Waals surface area contributed by atoms with Crippen LogP contribution in [0.2, 0.25) is 10.0 Å². The molecule has 0 heterocycles. The van der Waals surface area contributed by atoms with E-state index in [1.807, 2.05) is 30.3 Å². The van der Waals surface area contributed by atoms with Crippen molar-refractivity contribution in [2.45, 2.75) is 0 Å². The van der Waals surface area contributed by atoms with Crippen molar-refractivity contribution >= 4 is 34.8 Å². The summed E-state index contributed by atoms with van der Waals surface area (Å²) in [4.78, 5) is 12.0. The molecular weight excluding hydrogens is 373 g/mol. The molecular formula is C20H15Cl2NO3. The Morgan fingerprint density at radius 1 is 0.846 bits per heavy atom. The van der Waals surface area contributed by atoms with E-state index in [1.165, 1.54) is 0 Å². The number of carbonyl (C=O) groups is 1. The van der Waals surface area contributed by atoms with Gasteiger partial charge in [0.25, 0.3) is 5.91 Å². The van der Waals surface area contributed by atoms with Crippen molar-refractivity contribution in [2.75, 3.05) is 11.9 Å². The second-order valence-electron chi connectivity index (χ2n) is 5.35. The highest BCUT2D eigenvalue weighted by atomic mass is 35.5. The van der Waals surface area contributed by atoms with Crippen LogP contribution in [0, 0.1) is 0 Å². The quantitative estimate of drug-likeness (QED) is 0.580. The molecule has 0 aliphatic heterocycles. The lowest BCUT2D eigenvalue weighted by Crippen LogP contribution is -2.20. The van der Waals surface area contributed by atoms with Gasteiger partial charge in [-0.2, -0.15) is 0 Å². The Morgan fingerprint density at radius 3 is 2.19 bits per heavy atom. The normalized spacial score (nSPS) is 10.2. The van der Waals surface area contributed by atoms with E-state index in [9.17, 15) is 4.79 Å². The molecule has 1 N–H and O–H groups in total. The van der Waals surface area contributed by atoms with Crippen LogP contribution < -0.4 is 14.8 Å². The van der Waals surface area contributed by atoms with E-state index in [0.29, 0.717) is 27.2 Å². The molecule has 0 spiro atoms. The number of carbonyl (C=O) groups excluding carboxylic acids is 1. The van der Waals surface area contributed by atoms with Crippen LogP contribution >= 0.6 is 23.2 Å². The van der Waals surface area contributed by atoms with Crippen molar-refractivity contribution in [3.8, 4) is 17.2 Å². The van der Waals surface area contributed by atoms with Crippen molar-refractivity contribution in [1.82, 2.24) is 0 Å². The summed E-state index contributed by atoms with van der Waals surface area (Å²) in [6.07, 6.45) is 0. The van der Waals surface area contributed by atoms with Crippen LogP contribution in [0.5, 0.6) is 17.2 Å². The molecule has 0 fully saturated rings. The number of hydrogen-bond acceptors (Lipinski definition) is 3. The number of nitrogens with one attached hydrogen (secondary N) is 1. The monoisotopic (exact) mass is 387 g/mol. The Bertz CT molecular complexity index is 883. The first-order chi connectivity index (χ1) is 12.6. The van der Waals surface area contributed by atoms with Crippen molar-refractivity contribution in [1.29, 1.82) is 0 Å². The Balaban J connectivity index is 1.52. The second kappa shape index (κ2) is 8.61. The maximum atomic E-state index is 12.0. The van der Waals surface area contributed by atoms with Gasteiger partial charge in [0.05, 0.1) is 10.7 Å². The van der Waals surface area contributed by atoms with Crippen LogP contribution in [0.1, 0.15) is 0 Å². The molecule has 3 rings (SSSR count). The Morgan fingerprint density at radius 2 is 1.50 bits per heavy atom. The molecule has 1 amide bonds. The van der Waals surface area contributed by atoms with Gasteiger partial charge in [-0.3, -0.25) is 4.79 Å². The number of ether oxygens (including phenoxy) is 2. The lowest BCUT2D eigenvalue weighted by Gasteiger charge is -2.10. The number of rotatable bonds is 6. The average molecular weight is 388 g/mol. The van der Waals surface area contributed by atoms with Gasteiger partial charge >= 0.3 is 0 Å². The van der Waals surface area contributed by atoms with Gasteiger partial charge in [0, 0.05) is 5.02 Å². The number of hydrogen-bond donors (Lipinski definition) is 1. The number of benzene rings is 3. The lowest BCUT2D eigenvalue weighted by atomic mass is 10.3. The molecule has 4 nitrogen and oxygen atoms in total. The van der Waals surface area contributed by atoms with Crippen LogP contribution in [0.3, 0.4) is 0 Å². The molecule has 0 aliphatic rings. The summed E-state index contributed by atoms with van der Waals surface area (Å²) in [7, 11) is 0. The first-order valence-electron chi connectivity index (χ1n) is 7.81. The first kappa shape index (κ1) is 18.1. The standard InChI is InChI=1S/C20H15Cl2NO3/c21-14-6-11-19(18(22)12-14)23-20(24)13-25-15-7-9-17(10-8-15)26-16-4-2-1-3-5-16/h1-12H,13H2,(H,23,24). The van der Waals surface area contributed by atoms with Gasteiger partial charge in [-0.1, -0.05) is 41.4 Å². The van der Waals surface area contributed by atoms with Gasteiger partial charge in [0.1, 0.15) is 17.2 Å². The molecule has 3 aromatic carbocycles. The first-order valence-corrected chi connectivity index (χ1v) is 8.56. The molecule has 6 heteroatoms. The van der Waals surface area contributed by atoms with Crippen LogP contribution in [-0.2, 0) is 4.79 Å². The smallest absolute Gasteiger partial charge is 0.262 e. The zero-order valence-electron chi connectivity index (χ0n) is 13.6. The van der Waals surface area contributed by atoms with Gasteiger partial charge in [0.2, 0.25) is 0 Å². The average Bonchev–Trinajstić information content (AvgIpc) is 2.64. The second-order valence-corrected chi connectivity index (χ2v) is 6.19. The molecule has 0 radical (unpaired) electrons. The van der Waals surface area contributed by atoms with E-state index in [2.05, 4.69) is 5.32 Å². The minimum absolute atomic E-state index is 0.141. The van der Waals surface area contributed by atoms with E-state index in [1.54, 1.807) is 42.5 Å². The SMILES string of the molecule is O=C(COc1ccc(Oc2ccccc2)cc1)Nc1ccc(Cl)cc1Cl. The summed E-state index contributed by atoms with van der Waals surface area (Å²) in [6, 6.07) is 21.3. The molecule has 0 aliphatic carbocycles. The highest BCUT2D eigenvalue weighted by Crippen LogP contribution is 2.26. The lowest BCUT2D eigenvalue weighted by molar-refractivity contribution is -0.118. The van der Waals surface area contributed by atoms with Crippen molar-refractivity contribution in [3.05, 3.63) is 82.8 Å². The third-order valence-corrected chi connectivity index (χ3v) is 3.93. The van der Waals surface area contributed by atoms with Crippen LogP contribution in [0.15, 0.2) is 72.8 Å². The number of amides is 1. The van der Waals surface area contributed by atoms with E-state index < -0.39 is 0 Å². The maximum Gasteiger partial charge on any atom is 0.262 e. The summed E-state index contributed by atoms with van der Waals surface area (Å²) in [5, 5.41) is 3.54. The third-order valence-electron chi connectivity index (χ3n) is 3.38. The summed E-state index contributed by atoms with van der Waals surface area (Å²) >= 11 is 11.8. The van der Waals surface area contributed by atoms with Crippen LogP contribution in [0.4, 0.5) is 5.69 Å². The van der Waals surface area contributed by atoms with E-state index >= 15 is 0 Å². The number of halogens is 2. The van der Waals surface area contributed by atoms with Crippen molar-refractivity contribution in [2.24, 2.45) is 0 Å². The minimum atomic E-state index is -0.321. The highest BCUT2D eigenvalue weighted by molar-refractivity contribution is 6.36. The molecule has 0 aromatic heterocycles. The molecule has 0 saturated heterocycles. The molecule has 3 aromatic rings.